The van der Waals surface area contributed by atoms with Gasteiger partial charge >= 0.3 is 0 Å². The zero-order chi connectivity index (χ0) is 30.9. The Morgan fingerprint density at radius 1 is 0.977 bits per heavy atom. The average Bonchev–Trinajstić information content (AvgIpc) is 3.36. The van der Waals surface area contributed by atoms with Gasteiger partial charge in [-0.05, 0) is 101 Å². The van der Waals surface area contributed by atoms with E-state index in [2.05, 4.69) is 22.9 Å². The average molecular weight is 584 g/mol. The van der Waals surface area contributed by atoms with Crippen molar-refractivity contribution >= 4 is 34.2 Å². The van der Waals surface area contributed by atoms with Crippen LogP contribution in [0.25, 0.3) is 11.0 Å². The minimum absolute atomic E-state index is 0.0433. The zero-order valence-electron chi connectivity index (χ0n) is 26.0. The van der Waals surface area contributed by atoms with Crippen LogP contribution in [-0.2, 0) is 29.1 Å². The van der Waals surface area contributed by atoms with Crippen LogP contribution < -0.4 is 15.4 Å². The minimum Gasteiger partial charge on any atom is -0.461 e. The van der Waals surface area contributed by atoms with E-state index >= 15 is 0 Å². The van der Waals surface area contributed by atoms with Crippen molar-refractivity contribution in [3.63, 3.8) is 0 Å². The first-order valence-corrected chi connectivity index (χ1v) is 15.0. The summed E-state index contributed by atoms with van der Waals surface area (Å²) in [5, 5.41) is 0.605. The van der Waals surface area contributed by atoms with Gasteiger partial charge in [-0.3, -0.25) is 24.3 Å². The number of rotatable bonds is 10. The molecule has 9 nitrogen and oxygen atoms in total. The fraction of sp³-hybridized carbons (Fsp3) is 0.412. The molecule has 43 heavy (non-hydrogen) atoms. The first-order valence-electron chi connectivity index (χ1n) is 15.0. The maximum atomic E-state index is 13.2. The van der Waals surface area contributed by atoms with Gasteiger partial charge in [0.25, 0.3) is 5.56 Å². The Balaban J connectivity index is 1.32. The third-order valence-corrected chi connectivity index (χ3v) is 8.55. The number of hydrogen-bond donors (Lipinski definition) is 0. The Bertz CT molecular complexity index is 1720. The summed E-state index contributed by atoms with van der Waals surface area (Å²) in [6.07, 6.45) is 7.21. The maximum absolute atomic E-state index is 13.2. The Labute approximate surface area is 252 Å². The number of carbonyl (C=O) groups is 2. The highest BCUT2D eigenvalue weighted by Crippen LogP contribution is 2.39. The van der Waals surface area contributed by atoms with Gasteiger partial charge in [0.2, 0.25) is 11.8 Å². The molecular weight excluding hydrogens is 542 g/mol. The van der Waals surface area contributed by atoms with Gasteiger partial charge in [-0.25, -0.2) is 0 Å². The van der Waals surface area contributed by atoms with Gasteiger partial charge in [-0.15, -0.1) is 0 Å². The largest absolute Gasteiger partial charge is 0.461 e. The number of fused-ring (bicyclic) bond motifs is 2. The molecule has 0 atom stereocenters. The van der Waals surface area contributed by atoms with Crippen LogP contribution in [0.1, 0.15) is 49.6 Å². The summed E-state index contributed by atoms with van der Waals surface area (Å²) in [7, 11) is 1.75. The normalized spacial score (nSPS) is 15.0. The highest BCUT2D eigenvalue weighted by atomic mass is 16.3. The predicted molar refractivity (Wildman–Crippen MR) is 169 cm³/mol. The summed E-state index contributed by atoms with van der Waals surface area (Å²) in [5.41, 5.74) is 4.42. The number of anilines is 2. The van der Waals surface area contributed by atoms with Gasteiger partial charge < -0.3 is 18.8 Å². The molecule has 0 bridgehead atoms. The van der Waals surface area contributed by atoms with Crippen molar-refractivity contribution in [3.05, 3.63) is 87.8 Å². The van der Waals surface area contributed by atoms with Crippen LogP contribution in [0.3, 0.4) is 0 Å². The smallest absolute Gasteiger partial charge is 0.261 e. The third-order valence-electron chi connectivity index (χ3n) is 8.55. The Hall–Kier alpha value is -4.24. The van der Waals surface area contributed by atoms with Crippen LogP contribution in [0.2, 0.25) is 0 Å². The number of nitrogens with zero attached hydrogens (tertiary/aromatic N) is 5. The summed E-state index contributed by atoms with van der Waals surface area (Å²) in [6, 6.07) is 11.7. The predicted octanol–water partition coefficient (Wildman–Crippen LogP) is 5.10. The Morgan fingerprint density at radius 3 is 2.51 bits per heavy atom. The molecule has 9 heteroatoms. The number of aromatic nitrogens is 2. The molecule has 1 aromatic carbocycles. The van der Waals surface area contributed by atoms with Crippen molar-refractivity contribution in [1.82, 2.24) is 14.5 Å². The highest BCUT2D eigenvalue weighted by Gasteiger charge is 2.45. The molecule has 3 aromatic heterocycles. The van der Waals surface area contributed by atoms with Gasteiger partial charge in [-0.1, -0.05) is 6.07 Å². The number of hydrogen-bond acceptors (Lipinski definition) is 6. The molecule has 0 unspecified atom stereocenters. The molecular formula is C34H41N5O4. The van der Waals surface area contributed by atoms with E-state index in [-0.39, 0.29) is 17.4 Å². The molecule has 0 spiro atoms. The van der Waals surface area contributed by atoms with Crippen molar-refractivity contribution in [2.75, 3.05) is 36.5 Å². The lowest BCUT2D eigenvalue weighted by Crippen LogP contribution is -2.47. The van der Waals surface area contributed by atoms with E-state index in [4.69, 9.17) is 4.42 Å². The number of furan rings is 1. The Morgan fingerprint density at radius 2 is 1.77 bits per heavy atom. The molecule has 0 radical (unpaired) electrons. The van der Waals surface area contributed by atoms with Gasteiger partial charge in [0.1, 0.15) is 16.8 Å². The number of pyridine rings is 2. The van der Waals surface area contributed by atoms with Crippen LogP contribution in [0, 0.1) is 19.3 Å². The van der Waals surface area contributed by atoms with E-state index in [0.717, 1.165) is 54.2 Å². The molecule has 5 rings (SSSR count). The second-order valence-electron chi connectivity index (χ2n) is 12.0. The lowest BCUT2D eigenvalue weighted by Gasteiger charge is -2.27. The van der Waals surface area contributed by atoms with E-state index in [1.807, 2.05) is 44.3 Å². The van der Waals surface area contributed by atoms with Crippen LogP contribution >= 0.6 is 0 Å². The first-order chi connectivity index (χ1) is 20.5. The fourth-order valence-corrected chi connectivity index (χ4v) is 5.91. The maximum Gasteiger partial charge on any atom is 0.261 e. The van der Waals surface area contributed by atoms with Crippen LogP contribution in [0.5, 0.6) is 0 Å². The number of benzene rings is 1. The monoisotopic (exact) mass is 583 g/mol. The third kappa shape index (κ3) is 5.99. The molecule has 4 aromatic rings. The summed E-state index contributed by atoms with van der Waals surface area (Å²) in [4.78, 5) is 49.6. The van der Waals surface area contributed by atoms with E-state index in [9.17, 15) is 14.4 Å². The van der Waals surface area contributed by atoms with Gasteiger partial charge in [0.05, 0.1) is 16.8 Å². The Kier molecular flexibility index (Phi) is 8.55. The second kappa shape index (κ2) is 12.2. The molecule has 1 aliphatic heterocycles. The summed E-state index contributed by atoms with van der Waals surface area (Å²) >= 11 is 0. The van der Waals surface area contributed by atoms with Crippen LogP contribution in [0.15, 0.2) is 64.2 Å². The molecule has 1 aliphatic rings. The molecule has 0 saturated carbocycles. The van der Waals surface area contributed by atoms with Gasteiger partial charge in [0.15, 0.2) is 0 Å². The second-order valence-corrected chi connectivity index (χ2v) is 12.0. The number of aryl methyl sites for hydroxylation is 3. The summed E-state index contributed by atoms with van der Waals surface area (Å²) in [5.74, 6) is 0.342. The summed E-state index contributed by atoms with van der Waals surface area (Å²) < 4.78 is 7.38. The number of carbonyl (C=O) groups excluding carboxylic acids is 2. The molecule has 0 fully saturated rings. The van der Waals surface area contributed by atoms with Crippen LogP contribution in [-0.4, -0.2) is 52.9 Å². The van der Waals surface area contributed by atoms with Gasteiger partial charge in [0, 0.05) is 51.8 Å². The molecule has 0 saturated heterocycles. The topological polar surface area (TPSA) is 91.9 Å². The van der Waals surface area contributed by atoms with E-state index < -0.39 is 5.41 Å². The van der Waals surface area contributed by atoms with Crippen molar-refractivity contribution in [3.8, 4) is 0 Å². The van der Waals surface area contributed by atoms with Gasteiger partial charge in [-0.2, -0.15) is 0 Å². The lowest BCUT2D eigenvalue weighted by molar-refractivity contribution is -0.137. The molecule has 0 N–H and O–H groups in total. The summed E-state index contributed by atoms with van der Waals surface area (Å²) in [6.45, 7) is 12.6. The van der Waals surface area contributed by atoms with Crippen molar-refractivity contribution in [1.29, 1.82) is 0 Å². The standard InChI is InChI=1S/C34H41N5O4/c1-7-39-28-11-10-25(20-29(28)36(6)32(41)34(4,5)33(39)42)9-8-15-37(22-26-21-35-14-12-23(26)2)17-18-38-16-13-30-27(31(38)40)19-24(3)43-30/h10-14,16,19-21H,7-9,15,17-18,22H2,1-6H3. The zero-order valence-corrected chi connectivity index (χ0v) is 26.0. The van der Waals surface area contributed by atoms with Crippen molar-refractivity contribution in [2.24, 2.45) is 5.41 Å². The van der Waals surface area contributed by atoms with E-state index in [1.54, 1.807) is 53.7 Å². The number of amides is 2. The molecule has 4 heterocycles. The minimum atomic E-state index is -1.13. The highest BCUT2D eigenvalue weighted by molar-refractivity contribution is 6.19. The molecule has 226 valence electrons. The van der Waals surface area contributed by atoms with Crippen molar-refractivity contribution < 1.29 is 14.0 Å². The van der Waals surface area contributed by atoms with Crippen LogP contribution in [0.4, 0.5) is 11.4 Å². The SMILES string of the molecule is CCN1C(=O)C(C)(C)C(=O)N(C)c2cc(CCCN(CCn3ccc4oc(C)cc4c3=O)Cc3cnccc3C)ccc21. The molecule has 2 amide bonds. The quantitative estimate of drug-likeness (QED) is 0.241. The van der Waals surface area contributed by atoms with E-state index in [0.29, 0.717) is 30.6 Å². The molecule has 0 aliphatic carbocycles. The lowest BCUT2D eigenvalue weighted by atomic mass is 9.90. The van der Waals surface area contributed by atoms with E-state index in [1.165, 1.54) is 5.56 Å². The van der Waals surface area contributed by atoms with Crippen molar-refractivity contribution in [2.45, 2.75) is 60.5 Å². The first kappa shape index (κ1) is 30.2. The fourth-order valence-electron chi connectivity index (χ4n) is 5.91.